The van der Waals surface area contributed by atoms with Gasteiger partial charge in [0, 0.05) is 12.3 Å². The molecule has 4 nitrogen and oxygen atoms in total. The Morgan fingerprint density at radius 3 is 3.07 bits per heavy atom. The van der Waals surface area contributed by atoms with Crippen molar-refractivity contribution in [2.75, 3.05) is 12.3 Å². The number of hydrogen-bond acceptors (Lipinski definition) is 3. The lowest BCUT2D eigenvalue weighted by molar-refractivity contribution is -0.140. The molecule has 0 aromatic heterocycles. The van der Waals surface area contributed by atoms with Crippen molar-refractivity contribution in [1.29, 1.82) is 0 Å². The Labute approximate surface area is 93.8 Å². The molecule has 1 saturated heterocycles. The van der Waals surface area contributed by atoms with Gasteiger partial charge in [-0.25, -0.2) is 0 Å². The van der Waals surface area contributed by atoms with Crippen molar-refractivity contribution in [1.82, 2.24) is 5.32 Å². The van der Waals surface area contributed by atoms with E-state index in [0.717, 1.165) is 25.8 Å². The Balaban J connectivity index is 2.35. The molecule has 1 aliphatic rings. The highest BCUT2D eigenvalue weighted by atomic mass is 32.2. The molecule has 2 atom stereocenters. The molecule has 5 heteroatoms. The largest absolute Gasteiger partial charge is 0.481 e. The number of amides is 1. The molecule has 0 aromatic carbocycles. The van der Waals surface area contributed by atoms with Crippen LogP contribution in [-0.2, 0) is 9.59 Å². The van der Waals surface area contributed by atoms with Crippen molar-refractivity contribution in [2.24, 2.45) is 5.92 Å². The number of nitrogens with one attached hydrogen (secondary N) is 1. The van der Waals surface area contributed by atoms with E-state index in [1.807, 2.05) is 0 Å². The summed E-state index contributed by atoms with van der Waals surface area (Å²) in [5.41, 5.74) is 0. The predicted molar refractivity (Wildman–Crippen MR) is 59.9 cm³/mol. The van der Waals surface area contributed by atoms with Gasteiger partial charge in [0.15, 0.2) is 0 Å². The molecule has 1 fully saturated rings. The van der Waals surface area contributed by atoms with E-state index in [9.17, 15) is 9.59 Å². The molecular formula is C10H17NO3S. The minimum atomic E-state index is -0.795. The van der Waals surface area contributed by atoms with E-state index in [-0.39, 0.29) is 17.1 Å². The number of thioether (sulfide) groups is 1. The first-order valence-corrected chi connectivity index (χ1v) is 6.28. The average molecular weight is 231 g/mol. The standard InChI is InChI=1S/C10H17NO3S/c1-7(10(13)14)6-15-8-4-2-3-5-11-9(8)12/h7-8H,2-6H2,1H3,(H,11,12)(H,13,14). The van der Waals surface area contributed by atoms with E-state index in [4.69, 9.17) is 5.11 Å². The third-order valence-corrected chi connectivity index (χ3v) is 4.00. The molecule has 1 heterocycles. The Morgan fingerprint density at radius 2 is 2.40 bits per heavy atom. The lowest BCUT2D eigenvalue weighted by Gasteiger charge is -2.13. The molecule has 2 unspecified atom stereocenters. The summed E-state index contributed by atoms with van der Waals surface area (Å²) < 4.78 is 0. The highest BCUT2D eigenvalue weighted by Crippen LogP contribution is 2.22. The molecule has 1 aliphatic heterocycles. The topological polar surface area (TPSA) is 66.4 Å². The predicted octanol–water partition coefficient (Wildman–Crippen LogP) is 1.11. The second-order valence-electron chi connectivity index (χ2n) is 3.85. The Hall–Kier alpha value is -0.710. The zero-order chi connectivity index (χ0) is 11.3. The average Bonchev–Trinajstić information content (AvgIpc) is 2.39. The summed E-state index contributed by atoms with van der Waals surface area (Å²) in [6.45, 7) is 2.42. The quantitative estimate of drug-likeness (QED) is 0.760. The summed E-state index contributed by atoms with van der Waals surface area (Å²) in [5.74, 6) is -0.606. The molecule has 0 aromatic rings. The van der Waals surface area contributed by atoms with Gasteiger partial charge in [-0.1, -0.05) is 13.3 Å². The van der Waals surface area contributed by atoms with Crippen molar-refractivity contribution >= 4 is 23.6 Å². The monoisotopic (exact) mass is 231 g/mol. The van der Waals surface area contributed by atoms with Crippen LogP contribution in [0, 0.1) is 5.92 Å². The van der Waals surface area contributed by atoms with E-state index >= 15 is 0 Å². The van der Waals surface area contributed by atoms with Crippen molar-refractivity contribution in [3.05, 3.63) is 0 Å². The van der Waals surface area contributed by atoms with Gasteiger partial charge in [0.1, 0.15) is 0 Å². The zero-order valence-electron chi connectivity index (χ0n) is 8.86. The second-order valence-corrected chi connectivity index (χ2v) is 5.08. The lowest BCUT2D eigenvalue weighted by atomic mass is 10.2. The minimum absolute atomic E-state index is 0.0608. The molecule has 0 radical (unpaired) electrons. The molecule has 0 spiro atoms. The van der Waals surface area contributed by atoms with Gasteiger partial charge < -0.3 is 10.4 Å². The van der Waals surface area contributed by atoms with Crippen LogP contribution in [0.2, 0.25) is 0 Å². The Bertz CT molecular complexity index is 245. The number of aliphatic carboxylic acids is 1. The van der Waals surface area contributed by atoms with Gasteiger partial charge in [-0.2, -0.15) is 0 Å². The molecule has 0 saturated carbocycles. The van der Waals surface area contributed by atoms with Crippen molar-refractivity contribution in [2.45, 2.75) is 31.4 Å². The fourth-order valence-electron chi connectivity index (χ4n) is 1.40. The molecule has 2 N–H and O–H groups in total. The number of carbonyl (C=O) groups excluding carboxylic acids is 1. The smallest absolute Gasteiger partial charge is 0.307 e. The van der Waals surface area contributed by atoms with Crippen molar-refractivity contribution in [3.63, 3.8) is 0 Å². The minimum Gasteiger partial charge on any atom is -0.481 e. The molecule has 0 aliphatic carbocycles. The normalized spacial score (nSPS) is 24.1. The molecule has 0 bridgehead atoms. The van der Waals surface area contributed by atoms with Crippen molar-refractivity contribution in [3.8, 4) is 0 Å². The molecule has 15 heavy (non-hydrogen) atoms. The van der Waals surface area contributed by atoms with E-state index in [2.05, 4.69) is 5.32 Å². The van der Waals surface area contributed by atoms with Crippen LogP contribution in [0.5, 0.6) is 0 Å². The van der Waals surface area contributed by atoms with Gasteiger partial charge in [0.25, 0.3) is 0 Å². The van der Waals surface area contributed by atoms with Gasteiger partial charge in [-0.15, -0.1) is 11.8 Å². The van der Waals surface area contributed by atoms with Gasteiger partial charge in [-0.05, 0) is 12.8 Å². The summed E-state index contributed by atoms with van der Waals surface area (Å²) in [6, 6.07) is 0. The fourth-order valence-corrected chi connectivity index (χ4v) is 2.63. The second kappa shape index (κ2) is 6.00. The first kappa shape index (κ1) is 12.4. The van der Waals surface area contributed by atoms with E-state index in [1.165, 1.54) is 11.8 Å². The maximum absolute atomic E-state index is 11.5. The molecule has 1 rings (SSSR count). The van der Waals surface area contributed by atoms with Crippen LogP contribution >= 0.6 is 11.8 Å². The highest BCUT2D eigenvalue weighted by molar-refractivity contribution is 8.00. The number of hydrogen-bond donors (Lipinski definition) is 2. The van der Waals surface area contributed by atoms with Gasteiger partial charge >= 0.3 is 5.97 Å². The Kier molecular flexibility index (Phi) is 4.94. The lowest BCUT2D eigenvalue weighted by Crippen LogP contribution is -2.31. The summed E-state index contributed by atoms with van der Waals surface area (Å²) in [6.07, 6.45) is 2.93. The zero-order valence-corrected chi connectivity index (χ0v) is 9.68. The third-order valence-electron chi connectivity index (χ3n) is 2.45. The van der Waals surface area contributed by atoms with Crippen LogP contribution in [0.3, 0.4) is 0 Å². The van der Waals surface area contributed by atoms with Crippen LogP contribution in [0.15, 0.2) is 0 Å². The summed E-state index contributed by atoms with van der Waals surface area (Å²) >= 11 is 1.46. The molecule has 86 valence electrons. The number of rotatable bonds is 4. The summed E-state index contributed by atoms with van der Waals surface area (Å²) in [5, 5.41) is 11.5. The number of carbonyl (C=O) groups is 2. The van der Waals surface area contributed by atoms with Gasteiger partial charge in [0.05, 0.1) is 11.2 Å². The van der Waals surface area contributed by atoms with Crippen LogP contribution in [0.4, 0.5) is 0 Å². The number of carboxylic acids is 1. The summed E-state index contributed by atoms with van der Waals surface area (Å²) in [4.78, 5) is 22.1. The SMILES string of the molecule is CC(CSC1CCCCNC1=O)C(=O)O. The van der Waals surface area contributed by atoms with Crippen molar-refractivity contribution < 1.29 is 14.7 Å². The molecule has 1 amide bonds. The number of carboxylic acid groups (broad SMARTS) is 1. The maximum Gasteiger partial charge on any atom is 0.307 e. The fraction of sp³-hybridized carbons (Fsp3) is 0.800. The third kappa shape index (κ3) is 4.11. The first-order chi connectivity index (χ1) is 7.11. The van der Waals surface area contributed by atoms with Crippen LogP contribution in [0.1, 0.15) is 26.2 Å². The van der Waals surface area contributed by atoms with E-state index in [1.54, 1.807) is 6.92 Å². The molecular weight excluding hydrogens is 214 g/mol. The highest BCUT2D eigenvalue weighted by Gasteiger charge is 2.22. The van der Waals surface area contributed by atoms with Gasteiger partial charge in [-0.3, -0.25) is 9.59 Å². The Morgan fingerprint density at radius 1 is 1.67 bits per heavy atom. The first-order valence-electron chi connectivity index (χ1n) is 5.23. The van der Waals surface area contributed by atoms with Crippen LogP contribution in [0.25, 0.3) is 0 Å². The van der Waals surface area contributed by atoms with E-state index in [0.29, 0.717) is 5.75 Å². The summed E-state index contributed by atoms with van der Waals surface area (Å²) in [7, 11) is 0. The van der Waals surface area contributed by atoms with Gasteiger partial charge in [0.2, 0.25) is 5.91 Å². The maximum atomic E-state index is 11.5. The van der Waals surface area contributed by atoms with Crippen LogP contribution in [-0.4, -0.2) is 34.5 Å². The van der Waals surface area contributed by atoms with E-state index < -0.39 is 5.97 Å². The van der Waals surface area contributed by atoms with Crippen LogP contribution < -0.4 is 5.32 Å².